The smallest absolute Gasteiger partial charge is 0.142 e. The lowest BCUT2D eigenvalue weighted by Crippen LogP contribution is -2.22. The summed E-state index contributed by atoms with van der Waals surface area (Å²) < 4.78 is 0. The fourth-order valence-electron chi connectivity index (χ4n) is 2.23. The minimum Gasteiger partial charge on any atom is -0.345 e. The van der Waals surface area contributed by atoms with E-state index in [2.05, 4.69) is 70.0 Å². The maximum absolute atomic E-state index is 2.26. The van der Waals surface area contributed by atoms with Crippen molar-refractivity contribution in [1.29, 1.82) is 0 Å². The Morgan fingerprint density at radius 2 is 1.47 bits per heavy atom. The second kappa shape index (κ2) is 4.66. The number of anilines is 2. The first-order valence-electron chi connectivity index (χ1n) is 5.97. The van der Waals surface area contributed by atoms with E-state index in [4.69, 9.17) is 0 Å². The highest BCUT2D eigenvalue weighted by molar-refractivity contribution is 6.37. The van der Waals surface area contributed by atoms with Crippen LogP contribution in [-0.2, 0) is 0 Å². The maximum atomic E-state index is 2.26. The van der Waals surface area contributed by atoms with Crippen LogP contribution in [0.25, 0.3) is 0 Å². The van der Waals surface area contributed by atoms with Crippen LogP contribution in [0.4, 0.5) is 11.4 Å². The summed E-state index contributed by atoms with van der Waals surface area (Å²) in [4.78, 5) is 2.26. The Bertz CT molecular complexity index is 520. The van der Waals surface area contributed by atoms with Crippen LogP contribution in [0.3, 0.4) is 0 Å². The zero-order chi connectivity index (χ0) is 12.4. The fourth-order valence-corrected chi connectivity index (χ4v) is 2.23. The molecule has 0 N–H and O–H groups in total. The molecule has 0 saturated heterocycles. The van der Waals surface area contributed by atoms with Crippen molar-refractivity contribution in [2.24, 2.45) is 0 Å². The first kappa shape index (κ1) is 11.8. The molecule has 0 bridgehead atoms. The van der Waals surface area contributed by atoms with Gasteiger partial charge in [0.25, 0.3) is 0 Å². The molecule has 0 aromatic heterocycles. The van der Waals surface area contributed by atoms with Crippen LogP contribution >= 0.6 is 0 Å². The molecule has 2 aromatic carbocycles. The minimum atomic E-state index is 1.23. The van der Waals surface area contributed by atoms with Gasteiger partial charge < -0.3 is 4.90 Å². The van der Waals surface area contributed by atoms with Crippen molar-refractivity contribution in [3.63, 3.8) is 0 Å². The van der Waals surface area contributed by atoms with E-state index in [-0.39, 0.29) is 0 Å². The monoisotopic (exact) mass is 223 g/mol. The van der Waals surface area contributed by atoms with Crippen LogP contribution in [0.1, 0.15) is 11.1 Å². The Morgan fingerprint density at radius 1 is 0.882 bits per heavy atom. The summed E-state index contributed by atoms with van der Waals surface area (Å²) in [6.07, 6.45) is 0. The molecule has 0 atom stereocenters. The first-order chi connectivity index (χ1) is 8.11. The molecule has 0 aliphatic carbocycles. The third kappa shape index (κ3) is 2.21. The van der Waals surface area contributed by atoms with Gasteiger partial charge in [-0.3, -0.25) is 0 Å². The van der Waals surface area contributed by atoms with Crippen molar-refractivity contribution in [2.45, 2.75) is 13.8 Å². The topological polar surface area (TPSA) is 3.24 Å². The summed E-state index contributed by atoms with van der Waals surface area (Å²) in [5.41, 5.74) is 6.56. The third-order valence-corrected chi connectivity index (χ3v) is 3.38. The Morgan fingerprint density at radius 3 is 2.12 bits per heavy atom. The zero-order valence-electron chi connectivity index (χ0n) is 11.0. The predicted octanol–water partition coefficient (Wildman–Crippen LogP) is 2.33. The summed E-state index contributed by atoms with van der Waals surface area (Å²) in [7, 11) is 4.32. The molecule has 0 fully saturated rings. The standard InChI is InChI=1S/C15H18BN/c1-11-9-10-12(2)15(14(11)16)17(3)13-7-5-4-6-8-13/h4-10H,16H2,1-3H3. The Balaban J connectivity index is 2.51. The molecule has 2 heteroatoms. The van der Waals surface area contributed by atoms with Crippen LogP contribution in [-0.4, -0.2) is 14.9 Å². The van der Waals surface area contributed by atoms with E-state index in [1.54, 1.807) is 0 Å². The average molecular weight is 223 g/mol. The molecular weight excluding hydrogens is 205 g/mol. The molecule has 17 heavy (non-hydrogen) atoms. The molecule has 0 saturated carbocycles. The number of para-hydroxylation sites is 1. The van der Waals surface area contributed by atoms with Gasteiger partial charge in [-0.1, -0.05) is 41.4 Å². The number of hydrogen-bond donors (Lipinski definition) is 0. The predicted molar refractivity (Wildman–Crippen MR) is 78.6 cm³/mol. The van der Waals surface area contributed by atoms with Gasteiger partial charge in [0.1, 0.15) is 7.85 Å². The third-order valence-electron chi connectivity index (χ3n) is 3.38. The van der Waals surface area contributed by atoms with Gasteiger partial charge in [-0.25, -0.2) is 0 Å². The second-order valence-electron chi connectivity index (χ2n) is 4.57. The quantitative estimate of drug-likeness (QED) is 0.706. The Kier molecular flexibility index (Phi) is 3.23. The van der Waals surface area contributed by atoms with Crippen molar-refractivity contribution in [3.05, 3.63) is 53.6 Å². The molecule has 0 aliphatic heterocycles. The molecule has 0 spiro atoms. The summed E-state index contributed by atoms with van der Waals surface area (Å²) >= 11 is 0. The van der Waals surface area contributed by atoms with Crippen molar-refractivity contribution >= 4 is 24.7 Å². The molecule has 0 aliphatic rings. The first-order valence-corrected chi connectivity index (χ1v) is 5.97. The van der Waals surface area contributed by atoms with Crippen molar-refractivity contribution in [3.8, 4) is 0 Å². The maximum Gasteiger partial charge on any atom is 0.142 e. The van der Waals surface area contributed by atoms with Gasteiger partial charge in [0.15, 0.2) is 0 Å². The van der Waals surface area contributed by atoms with E-state index in [1.807, 2.05) is 6.07 Å². The van der Waals surface area contributed by atoms with Crippen LogP contribution in [0.5, 0.6) is 0 Å². The van der Waals surface area contributed by atoms with Gasteiger partial charge in [0.05, 0.1) is 0 Å². The van der Waals surface area contributed by atoms with Crippen LogP contribution < -0.4 is 10.4 Å². The molecular formula is C15H18BN. The number of aryl methyl sites for hydroxylation is 2. The number of benzene rings is 2. The minimum absolute atomic E-state index is 1.23. The average Bonchev–Trinajstić information content (AvgIpc) is 2.35. The van der Waals surface area contributed by atoms with Crippen LogP contribution in [0.2, 0.25) is 0 Å². The summed E-state index contributed by atoms with van der Waals surface area (Å²) in [5.74, 6) is 0. The highest BCUT2D eigenvalue weighted by Gasteiger charge is 2.10. The van der Waals surface area contributed by atoms with Gasteiger partial charge in [0, 0.05) is 18.4 Å². The Hall–Kier alpha value is -1.70. The largest absolute Gasteiger partial charge is 0.345 e. The lowest BCUT2D eigenvalue weighted by molar-refractivity contribution is 1.19. The van der Waals surface area contributed by atoms with Gasteiger partial charge in [0.2, 0.25) is 0 Å². The van der Waals surface area contributed by atoms with E-state index in [1.165, 1.54) is 28.0 Å². The van der Waals surface area contributed by atoms with Crippen molar-refractivity contribution in [1.82, 2.24) is 0 Å². The normalized spacial score (nSPS) is 10.3. The molecule has 86 valence electrons. The molecule has 2 rings (SSSR count). The SMILES string of the molecule is Bc1c(C)ccc(C)c1N(C)c1ccccc1. The van der Waals surface area contributed by atoms with Gasteiger partial charge >= 0.3 is 0 Å². The van der Waals surface area contributed by atoms with Crippen LogP contribution in [0.15, 0.2) is 42.5 Å². The number of hydrogen-bond acceptors (Lipinski definition) is 1. The summed E-state index contributed by atoms with van der Waals surface area (Å²) in [6.45, 7) is 4.33. The van der Waals surface area contributed by atoms with E-state index in [9.17, 15) is 0 Å². The highest BCUT2D eigenvalue weighted by atomic mass is 15.1. The molecule has 1 nitrogen and oxygen atoms in total. The van der Waals surface area contributed by atoms with Crippen LogP contribution in [0, 0.1) is 13.8 Å². The summed E-state index contributed by atoms with van der Waals surface area (Å²) in [6, 6.07) is 14.9. The molecule has 2 aromatic rings. The zero-order valence-corrected chi connectivity index (χ0v) is 11.0. The van der Waals surface area contributed by atoms with E-state index in [0.717, 1.165) is 0 Å². The van der Waals surface area contributed by atoms with Crippen molar-refractivity contribution in [2.75, 3.05) is 11.9 Å². The number of rotatable bonds is 2. The number of nitrogens with zero attached hydrogens (tertiary/aromatic N) is 1. The molecule has 0 radical (unpaired) electrons. The van der Waals surface area contributed by atoms with E-state index in [0.29, 0.717) is 0 Å². The summed E-state index contributed by atoms with van der Waals surface area (Å²) in [5, 5.41) is 0. The fraction of sp³-hybridized carbons (Fsp3) is 0.200. The van der Waals surface area contributed by atoms with E-state index >= 15 is 0 Å². The van der Waals surface area contributed by atoms with Gasteiger partial charge in [-0.05, 0) is 31.5 Å². The lowest BCUT2D eigenvalue weighted by Gasteiger charge is -2.25. The molecule has 0 heterocycles. The van der Waals surface area contributed by atoms with Gasteiger partial charge in [-0.15, -0.1) is 0 Å². The molecule has 0 unspecified atom stereocenters. The Labute approximate surface area is 104 Å². The highest BCUT2D eigenvalue weighted by Crippen LogP contribution is 2.25. The molecule has 0 amide bonds. The van der Waals surface area contributed by atoms with Gasteiger partial charge in [-0.2, -0.15) is 0 Å². The van der Waals surface area contributed by atoms with Crippen molar-refractivity contribution < 1.29 is 0 Å². The second-order valence-corrected chi connectivity index (χ2v) is 4.57. The lowest BCUT2D eigenvalue weighted by atomic mass is 9.86. The van der Waals surface area contributed by atoms with E-state index < -0.39 is 0 Å².